The van der Waals surface area contributed by atoms with Crippen LogP contribution in [-0.2, 0) is 4.74 Å². The van der Waals surface area contributed by atoms with E-state index in [1.807, 2.05) is 0 Å². The molecule has 1 atom stereocenters. The van der Waals surface area contributed by atoms with Gasteiger partial charge in [0.2, 0.25) is 0 Å². The smallest absolute Gasteiger partial charge is 0.256 e. The topological polar surface area (TPSA) is 29.5 Å². The molecule has 1 aliphatic heterocycles. The number of rotatable bonds is 4. The molecule has 0 bridgehead atoms. The van der Waals surface area contributed by atoms with Crippen LogP contribution in [0.5, 0.6) is 0 Å². The van der Waals surface area contributed by atoms with Gasteiger partial charge in [-0.2, -0.15) is 0 Å². The second kappa shape index (κ2) is 6.84. The number of halogens is 1. The summed E-state index contributed by atoms with van der Waals surface area (Å²) >= 11 is 0. The Morgan fingerprint density at radius 1 is 1.50 bits per heavy atom. The fourth-order valence-corrected chi connectivity index (χ4v) is 2.75. The average Bonchev–Trinajstić information content (AvgIpc) is 2.47. The van der Waals surface area contributed by atoms with Gasteiger partial charge in [-0.3, -0.25) is 4.79 Å². The van der Waals surface area contributed by atoms with Gasteiger partial charge in [0.05, 0.1) is 5.56 Å². The first-order chi connectivity index (χ1) is 9.63. The molecule has 1 amide bonds. The maximum absolute atomic E-state index is 14.0. The highest BCUT2D eigenvalue weighted by atomic mass is 19.1. The summed E-state index contributed by atoms with van der Waals surface area (Å²) in [6, 6.07) is 4.99. The molecular weight excluding hydrogens is 257 g/mol. The zero-order valence-electron chi connectivity index (χ0n) is 12.2. The van der Waals surface area contributed by atoms with E-state index in [2.05, 4.69) is 0 Å². The largest absolute Gasteiger partial charge is 0.385 e. The van der Waals surface area contributed by atoms with Crippen LogP contribution < -0.4 is 0 Å². The normalized spacial score (nSPS) is 19.1. The molecule has 2 rings (SSSR count). The van der Waals surface area contributed by atoms with Crippen molar-refractivity contribution in [1.29, 1.82) is 0 Å². The third kappa shape index (κ3) is 3.37. The van der Waals surface area contributed by atoms with E-state index in [1.165, 1.54) is 0 Å². The minimum absolute atomic E-state index is 0.187. The molecule has 0 spiro atoms. The molecule has 1 aromatic carbocycles. The fraction of sp³-hybridized carbons (Fsp3) is 0.562. The molecule has 1 aliphatic rings. The van der Waals surface area contributed by atoms with Gasteiger partial charge in [-0.05, 0) is 43.7 Å². The molecule has 0 aliphatic carbocycles. The zero-order chi connectivity index (χ0) is 14.5. The summed E-state index contributed by atoms with van der Waals surface area (Å²) in [5.74, 6) is -0.120. The maximum atomic E-state index is 14.0. The van der Waals surface area contributed by atoms with Gasteiger partial charge in [-0.25, -0.2) is 4.39 Å². The maximum Gasteiger partial charge on any atom is 0.256 e. The van der Waals surface area contributed by atoms with E-state index in [9.17, 15) is 9.18 Å². The SMILES string of the molecule is COCCC1CCCN(C(=O)c2cccc(C)c2F)C1. The van der Waals surface area contributed by atoms with Crippen LogP contribution >= 0.6 is 0 Å². The van der Waals surface area contributed by atoms with Crippen molar-refractivity contribution in [3.63, 3.8) is 0 Å². The minimum Gasteiger partial charge on any atom is -0.385 e. The van der Waals surface area contributed by atoms with Gasteiger partial charge in [0.15, 0.2) is 0 Å². The summed E-state index contributed by atoms with van der Waals surface area (Å²) in [6.07, 6.45) is 3.05. The Hall–Kier alpha value is -1.42. The number of likely N-dealkylation sites (tertiary alicyclic amines) is 1. The number of carbonyl (C=O) groups is 1. The first-order valence-corrected chi connectivity index (χ1v) is 7.16. The Morgan fingerprint density at radius 3 is 3.05 bits per heavy atom. The van der Waals surface area contributed by atoms with E-state index in [0.29, 0.717) is 24.6 Å². The number of hydrogen-bond donors (Lipinski definition) is 0. The lowest BCUT2D eigenvalue weighted by Gasteiger charge is -2.33. The average molecular weight is 279 g/mol. The Labute approximate surface area is 119 Å². The van der Waals surface area contributed by atoms with Crippen LogP contribution in [0.15, 0.2) is 18.2 Å². The highest BCUT2D eigenvalue weighted by Gasteiger charge is 2.26. The van der Waals surface area contributed by atoms with Gasteiger partial charge in [-0.15, -0.1) is 0 Å². The predicted molar refractivity (Wildman–Crippen MR) is 76.3 cm³/mol. The van der Waals surface area contributed by atoms with Crippen LogP contribution in [0.2, 0.25) is 0 Å². The molecule has 0 saturated carbocycles. The van der Waals surface area contributed by atoms with Crippen LogP contribution in [0.4, 0.5) is 4.39 Å². The van der Waals surface area contributed by atoms with Crippen molar-refractivity contribution >= 4 is 5.91 Å². The Balaban J connectivity index is 2.06. The highest BCUT2D eigenvalue weighted by Crippen LogP contribution is 2.22. The lowest BCUT2D eigenvalue weighted by atomic mass is 9.94. The summed E-state index contributed by atoms with van der Waals surface area (Å²) in [7, 11) is 1.69. The number of aryl methyl sites for hydroxylation is 1. The lowest BCUT2D eigenvalue weighted by molar-refractivity contribution is 0.0637. The highest BCUT2D eigenvalue weighted by molar-refractivity contribution is 5.94. The minimum atomic E-state index is -0.392. The quantitative estimate of drug-likeness (QED) is 0.848. The van der Waals surface area contributed by atoms with E-state index in [0.717, 1.165) is 25.8 Å². The molecule has 1 heterocycles. The second-order valence-corrected chi connectivity index (χ2v) is 5.48. The molecule has 0 aromatic heterocycles. The van der Waals surface area contributed by atoms with E-state index < -0.39 is 5.82 Å². The van der Waals surface area contributed by atoms with Crippen LogP contribution in [0.3, 0.4) is 0 Å². The van der Waals surface area contributed by atoms with Crippen LogP contribution in [0.25, 0.3) is 0 Å². The van der Waals surface area contributed by atoms with E-state index >= 15 is 0 Å². The molecule has 1 aromatic rings. The number of methoxy groups -OCH3 is 1. The summed E-state index contributed by atoms with van der Waals surface area (Å²) in [6.45, 7) is 3.82. The van der Waals surface area contributed by atoms with Gasteiger partial charge in [0.25, 0.3) is 5.91 Å². The van der Waals surface area contributed by atoms with Crippen LogP contribution in [0, 0.1) is 18.7 Å². The van der Waals surface area contributed by atoms with Crippen molar-refractivity contribution < 1.29 is 13.9 Å². The third-order valence-corrected chi connectivity index (χ3v) is 3.96. The van der Waals surface area contributed by atoms with Crippen molar-refractivity contribution in [3.05, 3.63) is 35.1 Å². The lowest BCUT2D eigenvalue weighted by Crippen LogP contribution is -2.40. The summed E-state index contributed by atoms with van der Waals surface area (Å²) < 4.78 is 19.1. The number of hydrogen-bond acceptors (Lipinski definition) is 2. The van der Waals surface area contributed by atoms with Crippen molar-refractivity contribution in [2.45, 2.75) is 26.2 Å². The second-order valence-electron chi connectivity index (χ2n) is 5.48. The molecule has 3 nitrogen and oxygen atoms in total. The molecule has 110 valence electrons. The first-order valence-electron chi connectivity index (χ1n) is 7.16. The molecular formula is C16H22FNO2. The van der Waals surface area contributed by atoms with Crippen molar-refractivity contribution in [2.75, 3.05) is 26.8 Å². The number of benzene rings is 1. The standard InChI is InChI=1S/C16H22FNO2/c1-12-5-3-7-14(15(12)17)16(19)18-9-4-6-13(11-18)8-10-20-2/h3,5,7,13H,4,6,8-11H2,1-2H3. The van der Waals surface area contributed by atoms with Crippen molar-refractivity contribution in [1.82, 2.24) is 4.90 Å². The third-order valence-electron chi connectivity index (χ3n) is 3.96. The van der Waals surface area contributed by atoms with Crippen LogP contribution in [0.1, 0.15) is 35.2 Å². The monoisotopic (exact) mass is 279 g/mol. The molecule has 20 heavy (non-hydrogen) atoms. The number of ether oxygens (including phenoxy) is 1. The molecule has 0 radical (unpaired) electrons. The van der Waals surface area contributed by atoms with Gasteiger partial charge in [0, 0.05) is 26.8 Å². The summed E-state index contributed by atoms with van der Waals surface area (Å²) in [5, 5.41) is 0. The molecule has 1 fully saturated rings. The van der Waals surface area contributed by atoms with E-state index in [4.69, 9.17) is 4.74 Å². The van der Waals surface area contributed by atoms with E-state index in [1.54, 1.807) is 37.1 Å². The number of nitrogens with zero attached hydrogens (tertiary/aromatic N) is 1. The Bertz CT molecular complexity index is 476. The van der Waals surface area contributed by atoms with Crippen molar-refractivity contribution in [3.8, 4) is 0 Å². The summed E-state index contributed by atoms with van der Waals surface area (Å²) in [4.78, 5) is 14.2. The number of carbonyl (C=O) groups excluding carboxylic acids is 1. The van der Waals surface area contributed by atoms with Gasteiger partial charge in [0.1, 0.15) is 5.82 Å². The molecule has 1 unspecified atom stereocenters. The Kier molecular flexibility index (Phi) is 5.12. The first kappa shape index (κ1) is 15.0. The number of piperidine rings is 1. The van der Waals surface area contributed by atoms with Crippen molar-refractivity contribution in [2.24, 2.45) is 5.92 Å². The molecule has 4 heteroatoms. The summed E-state index contributed by atoms with van der Waals surface area (Å²) in [5.41, 5.74) is 0.709. The molecule has 0 N–H and O–H groups in total. The van der Waals surface area contributed by atoms with Crippen LogP contribution in [-0.4, -0.2) is 37.6 Å². The fourth-order valence-electron chi connectivity index (χ4n) is 2.75. The van der Waals surface area contributed by atoms with Gasteiger partial charge in [-0.1, -0.05) is 12.1 Å². The van der Waals surface area contributed by atoms with Gasteiger partial charge >= 0.3 is 0 Å². The Morgan fingerprint density at radius 2 is 2.30 bits per heavy atom. The predicted octanol–water partition coefficient (Wildman–Crippen LogP) is 3.02. The molecule has 1 saturated heterocycles. The zero-order valence-corrected chi connectivity index (χ0v) is 12.2. The number of amides is 1. The van der Waals surface area contributed by atoms with Gasteiger partial charge < -0.3 is 9.64 Å². The van der Waals surface area contributed by atoms with E-state index in [-0.39, 0.29) is 11.5 Å².